The molecule has 0 atom stereocenters. The molecule has 5 heteroatoms. The Hall–Kier alpha value is -2.92. The first-order valence-corrected chi connectivity index (χ1v) is 9.66. The van der Waals surface area contributed by atoms with Crippen molar-refractivity contribution in [1.29, 1.82) is 0 Å². The Morgan fingerprint density at radius 2 is 1.89 bits per heavy atom. The third-order valence-corrected chi connectivity index (χ3v) is 4.97. The Morgan fingerprint density at radius 1 is 1.04 bits per heavy atom. The van der Waals surface area contributed by atoms with Crippen molar-refractivity contribution < 1.29 is 4.79 Å². The first-order chi connectivity index (χ1) is 13.3. The molecule has 1 amide bonds. The number of rotatable bonds is 8. The molecule has 3 rings (SSSR count). The first-order valence-electron chi connectivity index (χ1n) is 8.68. The number of amides is 1. The largest absolute Gasteiger partial charge is 0.331 e. The molecular formula is C22H21N3OS. The molecule has 0 bridgehead atoms. The molecule has 0 unspecified atom stereocenters. The Labute approximate surface area is 164 Å². The Balaban J connectivity index is 1.65. The van der Waals surface area contributed by atoms with Crippen molar-refractivity contribution in [3.63, 3.8) is 0 Å². The van der Waals surface area contributed by atoms with E-state index in [4.69, 9.17) is 0 Å². The molecule has 3 aromatic rings. The van der Waals surface area contributed by atoms with Gasteiger partial charge in [-0.25, -0.2) is 4.98 Å². The molecule has 0 aliphatic carbocycles. The maximum absolute atomic E-state index is 12.9. The lowest BCUT2D eigenvalue weighted by Gasteiger charge is -2.21. The molecule has 0 saturated carbocycles. The van der Waals surface area contributed by atoms with Crippen LogP contribution < -0.4 is 0 Å². The van der Waals surface area contributed by atoms with E-state index in [1.165, 1.54) is 0 Å². The van der Waals surface area contributed by atoms with Gasteiger partial charge in [0.1, 0.15) is 0 Å². The highest BCUT2D eigenvalue weighted by atomic mass is 32.2. The van der Waals surface area contributed by atoms with Gasteiger partial charge in [0, 0.05) is 43.0 Å². The predicted octanol–water partition coefficient (Wildman–Crippen LogP) is 4.60. The predicted molar refractivity (Wildman–Crippen MR) is 109 cm³/mol. The average molecular weight is 375 g/mol. The number of benzene rings is 1. The second-order valence-corrected chi connectivity index (χ2v) is 6.98. The van der Waals surface area contributed by atoms with Crippen molar-refractivity contribution in [3.05, 3.63) is 103 Å². The maximum Gasteiger partial charge on any atom is 0.254 e. The van der Waals surface area contributed by atoms with E-state index in [2.05, 4.69) is 16.5 Å². The van der Waals surface area contributed by atoms with Crippen LogP contribution in [0.25, 0.3) is 0 Å². The standard InChI is InChI=1S/C22H21N3OS/c1-2-14-25(16-19-6-5-12-23-15-19)22(26)20-10-8-18(9-11-20)17-27-21-7-3-4-13-24-21/h2-13,15H,1,14,16-17H2. The molecular weight excluding hydrogens is 354 g/mol. The number of hydrogen-bond acceptors (Lipinski definition) is 4. The molecule has 0 aliphatic heterocycles. The second kappa shape index (κ2) is 9.69. The third-order valence-electron chi connectivity index (χ3n) is 3.96. The highest BCUT2D eigenvalue weighted by Gasteiger charge is 2.15. The Morgan fingerprint density at radius 3 is 2.56 bits per heavy atom. The number of nitrogens with zero attached hydrogens (tertiary/aromatic N) is 3. The average Bonchev–Trinajstić information content (AvgIpc) is 2.73. The van der Waals surface area contributed by atoms with Gasteiger partial charge >= 0.3 is 0 Å². The summed E-state index contributed by atoms with van der Waals surface area (Å²) in [7, 11) is 0. The van der Waals surface area contributed by atoms with Gasteiger partial charge in [0.15, 0.2) is 0 Å². The molecule has 136 valence electrons. The van der Waals surface area contributed by atoms with E-state index in [1.54, 1.807) is 41.3 Å². The normalized spacial score (nSPS) is 10.4. The van der Waals surface area contributed by atoms with E-state index >= 15 is 0 Å². The summed E-state index contributed by atoms with van der Waals surface area (Å²) >= 11 is 1.68. The summed E-state index contributed by atoms with van der Waals surface area (Å²) in [5.74, 6) is 0.806. The number of aromatic nitrogens is 2. The molecule has 4 nitrogen and oxygen atoms in total. The van der Waals surface area contributed by atoms with Crippen LogP contribution in [0.2, 0.25) is 0 Å². The summed E-state index contributed by atoms with van der Waals surface area (Å²) in [6, 6.07) is 17.5. The molecule has 0 radical (unpaired) electrons. The minimum absolute atomic E-state index is 0.0114. The molecule has 2 heterocycles. The highest BCUT2D eigenvalue weighted by Crippen LogP contribution is 2.21. The molecule has 0 fully saturated rings. The van der Waals surface area contributed by atoms with Crippen molar-refractivity contribution in [2.45, 2.75) is 17.3 Å². The van der Waals surface area contributed by atoms with Gasteiger partial charge in [-0.05, 0) is 41.5 Å². The Bertz CT molecular complexity index is 867. The molecule has 1 aromatic carbocycles. The van der Waals surface area contributed by atoms with E-state index in [1.807, 2.05) is 54.6 Å². The van der Waals surface area contributed by atoms with Gasteiger partial charge in [-0.1, -0.05) is 30.3 Å². The summed E-state index contributed by atoms with van der Waals surface area (Å²) in [6.07, 6.45) is 7.04. The lowest BCUT2D eigenvalue weighted by atomic mass is 10.1. The van der Waals surface area contributed by atoms with Crippen LogP contribution in [-0.2, 0) is 12.3 Å². The van der Waals surface area contributed by atoms with Crippen molar-refractivity contribution in [1.82, 2.24) is 14.9 Å². The van der Waals surface area contributed by atoms with E-state index in [-0.39, 0.29) is 5.91 Å². The molecule has 27 heavy (non-hydrogen) atoms. The second-order valence-electron chi connectivity index (χ2n) is 5.99. The van der Waals surface area contributed by atoms with Crippen LogP contribution >= 0.6 is 11.8 Å². The zero-order valence-corrected chi connectivity index (χ0v) is 15.8. The quantitative estimate of drug-likeness (QED) is 0.426. The van der Waals surface area contributed by atoms with Crippen molar-refractivity contribution >= 4 is 17.7 Å². The topological polar surface area (TPSA) is 46.1 Å². The van der Waals surface area contributed by atoms with Gasteiger partial charge in [0.25, 0.3) is 5.91 Å². The monoisotopic (exact) mass is 375 g/mol. The Kier molecular flexibility index (Phi) is 6.77. The molecule has 2 aromatic heterocycles. The fourth-order valence-corrected chi connectivity index (χ4v) is 3.42. The molecule has 0 N–H and O–H groups in total. The van der Waals surface area contributed by atoms with Crippen molar-refractivity contribution in [2.75, 3.05) is 6.54 Å². The summed E-state index contributed by atoms with van der Waals surface area (Å²) < 4.78 is 0. The van der Waals surface area contributed by atoms with Crippen LogP contribution in [-0.4, -0.2) is 27.3 Å². The summed E-state index contributed by atoms with van der Waals surface area (Å²) in [4.78, 5) is 23.1. The van der Waals surface area contributed by atoms with Gasteiger partial charge < -0.3 is 4.90 Å². The van der Waals surface area contributed by atoms with Gasteiger partial charge in [0.05, 0.1) is 5.03 Å². The van der Waals surface area contributed by atoms with E-state index < -0.39 is 0 Å². The number of carbonyl (C=O) groups is 1. The van der Waals surface area contributed by atoms with Crippen LogP contribution in [0.1, 0.15) is 21.5 Å². The lowest BCUT2D eigenvalue weighted by Crippen LogP contribution is -2.30. The molecule has 0 aliphatic rings. The first kappa shape index (κ1) is 18.9. The van der Waals surface area contributed by atoms with Gasteiger partial charge in [-0.2, -0.15) is 0 Å². The summed E-state index contributed by atoms with van der Waals surface area (Å²) in [6.45, 7) is 4.77. The van der Waals surface area contributed by atoms with Gasteiger partial charge in [0.2, 0.25) is 0 Å². The minimum atomic E-state index is -0.0114. The fourth-order valence-electron chi connectivity index (χ4n) is 2.60. The van der Waals surface area contributed by atoms with Crippen molar-refractivity contribution in [2.24, 2.45) is 0 Å². The SMILES string of the molecule is C=CCN(Cc1cccnc1)C(=O)c1ccc(CSc2ccccn2)cc1. The van der Waals surface area contributed by atoms with Crippen molar-refractivity contribution in [3.8, 4) is 0 Å². The maximum atomic E-state index is 12.9. The van der Waals surface area contributed by atoms with Crippen LogP contribution in [0, 0.1) is 0 Å². The number of hydrogen-bond donors (Lipinski definition) is 0. The lowest BCUT2D eigenvalue weighted by molar-refractivity contribution is 0.0762. The molecule has 0 spiro atoms. The van der Waals surface area contributed by atoms with Crippen LogP contribution in [0.15, 0.2) is 90.9 Å². The smallest absolute Gasteiger partial charge is 0.254 e. The number of thioether (sulfide) groups is 1. The van der Waals surface area contributed by atoms with Crippen LogP contribution in [0.5, 0.6) is 0 Å². The number of pyridine rings is 2. The highest BCUT2D eigenvalue weighted by molar-refractivity contribution is 7.98. The fraction of sp³-hybridized carbons (Fsp3) is 0.136. The molecule has 0 saturated heterocycles. The van der Waals surface area contributed by atoms with Gasteiger partial charge in [-0.3, -0.25) is 9.78 Å². The minimum Gasteiger partial charge on any atom is -0.331 e. The van der Waals surface area contributed by atoms with Gasteiger partial charge in [-0.15, -0.1) is 18.3 Å². The zero-order chi connectivity index (χ0) is 18.9. The van der Waals surface area contributed by atoms with Crippen LogP contribution in [0.3, 0.4) is 0 Å². The van der Waals surface area contributed by atoms with E-state index in [9.17, 15) is 4.79 Å². The summed E-state index contributed by atoms with van der Waals surface area (Å²) in [5, 5.41) is 0.992. The number of carbonyl (C=O) groups excluding carboxylic acids is 1. The van der Waals surface area contributed by atoms with E-state index in [0.29, 0.717) is 18.7 Å². The third kappa shape index (κ3) is 5.53. The van der Waals surface area contributed by atoms with E-state index in [0.717, 1.165) is 21.9 Å². The summed E-state index contributed by atoms with van der Waals surface area (Å²) in [5.41, 5.74) is 2.83. The van der Waals surface area contributed by atoms with Crippen LogP contribution in [0.4, 0.5) is 0 Å². The zero-order valence-electron chi connectivity index (χ0n) is 15.0.